The monoisotopic (exact) mass is 533 g/mol. The number of hydrogen-bond acceptors (Lipinski definition) is 4. The normalized spacial score (nSPS) is 11.8. The van der Waals surface area contributed by atoms with Crippen LogP contribution < -0.4 is 4.74 Å². The maximum Gasteiger partial charge on any atom is 0.137 e. The minimum Gasteiger partial charge on any atom is -0.457 e. The van der Waals surface area contributed by atoms with Crippen molar-refractivity contribution in [3.63, 3.8) is 0 Å². The fourth-order valence-electron chi connectivity index (χ4n) is 5.39. The van der Waals surface area contributed by atoms with Gasteiger partial charge in [0, 0.05) is 29.1 Å². The Morgan fingerprint density at radius 3 is 2.44 bits per heavy atom. The van der Waals surface area contributed by atoms with Crippen molar-refractivity contribution >= 4 is 32.8 Å². The Bertz CT molecular complexity index is 2140. The van der Waals surface area contributed by atoms with Gasteiger partial charge in [0.15, 0.2) is 0 Å². The molecule has 0 unspecified atom stereocenters. The predicted octanol–water partition coefficient (Wildman–Crippen LogP) is 8.48. The Kier molecular flexibility index (Phi) is 5.62. The fraction of sp³-hybridized carbons (Fsp3) is 0.114. The topological polar surface area (TPSA) is 68.7 Å². The lowest BCUT2D eigenvalue weighted by Crippen LogP contribution is -2.12. The third-order valence-electron chi connectivity index (χ3n) is 7.49. The molecule has 0 bridgehead atoms. The zero-order chi connectivity index (χ0) is 28.1. The van der Waals surface area contributed by atoms with Crippen LogP contribution >= 0.6 is 0 Å². The first-order chi connectivity index (χ1) is 19.9. The van der Waals surface area contributed by atoms with Crippen LogP contribution in [-0.4, -0.2) is 19.1 Å². The molecule has 0 aliphatic rings. The Morgan fingerprint density at radius 1 is 0.732 bits per heavy atom. The van der Waals surface area contributed by atoms with Crippen LogP contribution in [0.15, 0.2) is 110 Å². The van der Waals surface area contributed by atoms with Gasteiger partial charge in [0.25, 0.3) is 0 Å². The van der Waals surface area contributed by atoms with Crippen molar-refractivity contribution in [2.45, 2.75) is 26.2 Å². The van der Waals surface area contributed by atoms with E-state index in [1.807, 2.05) is 85.3 Å². The molecule has 0 fully saturated rings. The molecule has 7 aromatic rings. The highest BCUT2D eigenvalue weighted by Gasteiger charge is 2.19. The van der Waals surface area contributed by atoms with Gasteiger partial charge in [-0.15, -0.1) is 0 Å². The minimum atomic E-state index is -0.0235. The lowest BCUT2D eigenvalue weighted by atomic mass is 9.88. The van der Waals surface area contributed by atoms with Gasteiger partial charge in [-0.05, 0) is 77.7 Å². The van der Waals surface area contributed by atoms with Crippen molar-refractivity contribution in [2.24, 2.45) is 0 Å². The van der Waals surface area contributed by atoms with E-state index in [0.717, 1.165) is 50.1 Å². The molecule has 7 rings (SSSR count). The average Bonchev–Trinajstić information content (AvgIpc) is 3.55. The molecule has 3 heterocycles. The van der Waals surface area contributed by atoms with E-state index in [4.69, 9.17) is 9.72 Å². The number of imidazole rings is 1. The predicted molar refractivity (Wildman–Crippen MR) is 163 cm³/mol. The van der Waals surface area contributed by atoms with Crippen molar-refractivity contribution in [2.75, 3.05) is 0 Å². The van der Waals surface area contributed by atoms with Gasteiger partial charge >= 0.3 is 0 Å². The molecule has 0 amide bonds. The molecule has 6 nitrogen and oxygen atoms in total. The molecule has 0 saturated carbocycles. The summed E-state index contributed by atoms with van der Waals surface area (Å²) in [5, 5.41) is 11.6. The first-order valence-corrected chi connectivity index (χ1v) is 13.5. The number of fused-ring (bicyclic) bond motifs is 4. The third kappa shape index (κ3) is 4.29. The summed E-state index contributed by atoms with van der Waals surface area (Å²) >= 11 is 0. The summed E-state index contributed by atoms with van der Waals surface area (Å²) in [4.78, 5) is 9.29. The van der Waals surface area contributed by atoms with E-state index in [1.54, 1.807) is 0 Å². The number of pyridine rings is 1. The van der Waals surface area contributed by atoms with Gasteiger partial charge in [-0.25, -0.2) is 9.97 Å². The molecule has 198 valence electrons. The molecule has 0 spiro atoms. The van der Waals surface area contributed by atoms with Gasteiger partial charge in [0.2, 0.25) is 0 Å². The number of hydrogen-bond donors (Lipinski definition) is 0. The molecule has 0 saturated heterocycles. The van der Waals surface area contributed by atoms with E-state index in [0.29, 0.717) is 11.3 Å². The quantitative estimate of drug-likeness (QED) is 0.227. The van der Waals surface area contributed by atoms with Crippen LogP contribution in [0.2, 0.25) is 0 Å². The number of ether oxygens (including phenoxy) is 1. The van der Waals surface area contributed by atoms with Crippen LogP contribution in [0.3, 0.4) is 0 Å². The highest BCUT2D eigenvalue weighted by atomic mass is 16.5. The Morgan fingerprint density at radius 2 is 1.59 bits per heavy atom. The number of nitrogens with zero attached hydrogens (tertiary/aromatic N) is 5. The van der Waals surface area contributed by atoms with Crippen molar-refractivity contribution in [1.29, 1.82) is 5.26 Å². The maximum absolute atomic E-state index is 9.58. The number of benzene rings is 4. The molecular weight excluding hydrogens is 506 g/mol. The molecule has 3 aromatic heterocycles. The van der Waals surface area contributed by atoms with Crippen molar-refractivity contribution in [3.8, 4) is 29.1 Å². The van der Waals surface area contributed by atoms with Gasteiger partial charge in [-0.3, -0.25) is 9.13 Å². The van der Waals surface area contributed by atoms with E-state index >= 15 is 0 Å². The van der Waals surface area contributed by atoms with E-state index in [2.05, 4.69) is 65.2 Å². The van der Waals surface area contributed by atoms with Crippen LogP contribution in [0.25, 0.3) is 44.3 Å². The Balaban J connectivity index is 1.35. The molecule has 41 heavy (non-hydrogen) atoms. The minimum absolute atomic E-state index is 0.0235. The zero-order valence-electron chi connectivity index (χ0n) is 23.0. The van der Waals surface area contributed by atoms with Crippen LogP contribution in [0.1, 0.15) is 31.9 Å². The Labute approximate surface area is 237 Å². The molecule has 6 heteroatoms. The zero-order valence-corrected chi connectivity index (χ0v) is 23.0. The number of nitriles is 1. The summed E-state index contributed by atoms with van der Waals surface area (Å²) in [6.07, 6.45) is 3.70. The lowest BCUT2D eigenvalue weighted by molar-refractivity contribution is 0.483. The second-order valence-corrected chi connectivity index (χ2v) is 11.2. The lowest BCUT2D eigenvalue weighted by Gasteiger charge is -2.20. The largest absolute Gasteiger partial charge is 0.457 e. The van der Waals surface area contributed by atoms with E-state index in [1.165, 1.54) is 5.56 Å². The first-order valence-electron chi connectivity index (χ1n) is 13.5. The standard InChI is InChI=1S/C35H27N5O/c1-35(2,3)24-15-16-37-34(18-24)40-31-14-11-23(21-36)17-29(31)28-13-12-27(20-33(28)40)41-26-8-6-7-25(19-26)39-22-38-30-9-4-5-10-32(30)39/h4-20,22H,1-3H3. The SMILES string of the molecule is CC(C)(C)c1ccnc(-n2c3ccc(C#N)cc3c3ccc(Oc4cccc(-n5cnc6ccccc65)c4)cc32)c1. The fourth-order valence-corrected chi connectivity index (χ4v) is 5.39. The smallest absolute Gasteiger partial charge is 0.137 e. The molecule has 0 aliphatic carbocycles. The highest BCUT2D eigenvalue weighted by molar-refractivity contribution is 6.10. The van der Waals surface area contributed by atoms with Crippen molar-refractivity contribution < 1.29 is 4.74 Å². The van der Waals surface area contributed by atoms with Crippen molar-refractivity contribution in [3.05, 3.63) is 121 Å². The third-order valence-corrected chi connectivity index (χ3v) is 7.49. The second kappa shape index (κ2) is 9.35. The van der Waals surface area contributed by atoms with Gasteiger partial charge in [0.1, 0.15) is 23.6 Å². The number of aromatic nitrogens is 4. The average molecular weight is 534 g/mol. The Hall–Kier alpha value is -5.41. The molecule has 0 aliphatic heterocycles. The summed E-state index contributed by atoms with van der Waals surface area (Å²) in [5.41, 5.74) is 6.70. The van der Waals surface area contributed by atoms with E-state index in [9.17, 15) is 5.26 Å². The first kappa shape index (κ1) is 24.6. The molecule has 0 N–H and O–H groups in total. The van der Waals surface area contributed by atoms with Crippen LogP contribution in [0.4, 0.5) is 0 Å². The molecular formula is C35H27N5O. The summed E-state index contributed by atoms with van der Waals surface area (Å²) < 4.78 is 10.6. The summed E-state index contributed by atoms with van der Waals surface area (Å²) in [6, 6.07) is 34.4. The summed E-state index contributed by atoms with van der Waals surface area (Å²) in [7, 11) is 0. The number of para-hydroxylation sites is 2. The summed E-state index contributed by atoms with van der Waals surface area (Å²) in [6.45, 7) is 6.59. The molecule has 0 atom stereocenters. The van der Waals surface area contributed by atoms with E-state index < -0.39 is 0 Å². The summed E-state index contributed by atoms with van der Waals surface area (Å²) in [5.74, 6) is 2.26. The van der Waals surface area contributed by atoms with Crippen molar-refractivity contribution in [1.82, 2.24) is 19.1 Å². The van der Waals surface area contributed by atoms with E-state index in [-0.39, 0.29) is 5.41 Å². The van der Waals surface area contributed by atoms with Gasteiger partial charge in [-0.1, -0.05) is 39.0 Å². The maximum atomic E-state index is 9.58. The van der Waals surface area contributed by atoms with Crippen LogP contribution in [0, 0.1) is 11.3 Å². The van der Waals surface area contributed by atoms with Gasteiger partial charge in [0.05, 0.1) is 39.4 Å². The molecule has 0 radical (unpaired) electrons. The van der Waals surface area contributed by atoms with Crippen LogP contribution in [0.5, 0.6) is 11.5 Å². The number of rotatable bonds is 4. The van der Waals surface area contributed by atoms with Gasteiger partial charge < -0.3 is 4.74 Å². The highest BCUT2D eigenvalue weighted by Crippen LogP contribution is 2.36. The molecule has 4 aromatic carbocycles. The van der Waals surface area contributed by atoms with Gasteiger partial charge in [-0.2, -0.15) is 5.26 Å². The van der Waals surface area contributed by atoms with Crippen LogP contribution in [-0.2, 0) is 5.41 Å². The second-order valence-electron chi connectivity index (χ2n) is 11.2.